The fourth-order valence-electron chi connectivity index (χ4n) is 2.73. The standard InChI is InChI=1S/C22H14Cl3N3O4/c23-14-2-1-3-16(10-14)31-15-6-4-12(5-7-15)11-26-21(30)22-27-20(28-32-22)13-8-17(24)19(29)18(25)9-13/h1-10,29H,11H2,(H,26,30). The van der Waals surface area contributed by atoms with Gasteiger partial charge in [0.15, 0.2) is 5.75 Å². The third-order valence-electron chi connectivity index (χ3n) is 4.30. The first kappa shape index (κ1) is 22.0. The largest absolute Gasteiger partial charge is 0.505 e. The Morgan fingerprint density at radius 3 is 2.41 bits per heavy atom. The quantitative estimate of drug-likeness (QED) is 0.338. The van der Waals surface area contributed by atoms with Crippen molar-refractivity contribution >= 4 is 40.7 Å². The van der Waals surface area contributed by atoms with E-state index in [9.17, 15) is 9.90 Å². The number of carbonyl (C=O) groups is 1. The summed E-state index contributed by atoms with van der Waals surface area (Å²) >= 11 is 17.8. The van der Waals surface area contributed by atoms with Crippen LogP contribution in [0.3, 0.4) is 0 Å². The van der Waals surface area contributed by atoms with Gasteiger partial charge in [-0.05, 0) is 48.0 Å². The minimum atomic E-state index is -0.543. The topological polar surface area (TPSA) is 97.5 Å². The van der Waals surface area contributed by atoms with Crippen molar-refractivity contribution in [2.45, 2.75) is 6.54 Å². The minimum Gasteiger partial charge on any atom is -0.505 e. The first-order valence-corrected chi connectivity index (χ1v) is 10.3. The molecule has 0 spiro atoms. The molecule has 0 bridgehead atoms. The van der Waals surface area contributed by atoms with Crippen molar-refractivity contribution in [3.05, 3.63) is 87.2 Å². The van der Waals surface area contributed by atoms with Gasteiger partial charge in [0.25, 0.3) is 0 Å². The number of hydrogen-bond acceptors (Lipinski definition) is 6. The molecule has 1 amide bonds. The summed E-state index contributed by atoms with van der Waals surface area (Å²) in [5, 5.41) is 16.8. The molecular weight excluding hydrogens is 477 g/mol. The Hall–Kier alpha value is -3.26. The summed E-state index contributed by atoms with van der Waals surface area (Å²) < 4.78 is 10.8. The third kappa shape index (κ3) is 5.13. The van der Waals surface area contributed by atoms with E-state index in [4.69, 9.17) is 44.1 Å². The Bertz CT molecular complexity index is 1250. The predicted octanol–water partition coefficient (Wildman–Crippen LogP) is 6.12. The molecule has 32 heavy (non-hydrogen) atoms. The number of aromatic nitrogens is 2. The van der Waals surface area contributed by atoms with Gasteiger partial charge >= 0.3 is 11.8 Å². The predicted molar refractivity (Wildman–Crippen MR) is 121 cm³/mol. The fourth-order valence-corrected chi connectivity index (χ4v) is 3.39. The van der Waals surface area contributed by atoms with Crippen molar-refractivity contribution in [2.75, 3.05) is 0 Å². The fraction of sp³-hybridized carbons (Fsp3) is 0.0455. The monoisotopic (exact) mass is 489 g/mol. The zero-order valence-electron chi connectivity index (χ0n) is 16.2. The van der Waals surface area contributed by atoms with Gasteiger partial charge in [-0.15, -0.1) is 0 Å². The summed E-state index contributed by atoms with van der Waals surface area (Å²) in [4.78, 5) is 16.4. The molecule has 0 aliphatic heterocycles. The number of phenolic OH excluding ortho intramolecular Hbond substituents is 1. The van der Waals surface area contributed by atoms with E-state index in [0.717, 1.165) is 5.56 Å². The molecule has 0 saturated carbocycles. The number of halogens is 3. The van der Waals surface area contributed by atoms with Crippen molar-refractivity contribution in [1.82, 2.24) is 15.5 Å². The number of hydrogen-bond donors (Lipinski definition) is 2. The van der Waals surface area contributed by atoms with Gasteiger partial charge in [0, 0.05) is 17.1 Å². The van der Waals surface area contributed by atoms with Crippen LogP contribution in [-0.4, -0.2) is 21.2 Å². The van der Waals surface area contributed by atoms with Crippen molar-refractivity contribution in [3.8, 4) is 28.6 Å². The SMILES string of the molecule is O=C(NCc1ccc(Oc2cccc(Cl)c2)cc1)c1nc(-c2cc(Cl)c(O)c(Cl)c2)no1. The van der Waals surface area contributed by atoms with Crippen LogP contribution in [-0.2, 0) is 6.54 Å². The van der Waals surface area contributed by atoms with Gasteiger partial charge in [-0.3, -0.25) is 4.79 Å². The zero-order valence-corrected chi connectivity index (χ0v) is 18.4. The molecule has 2 N–H and O–H groups in total. The molecule has 10 heteroatoms. The summed E-state index contributed by atoms with van der Waals surface area (Å²) in [6.45, 7) is 0.241. The molecule has 162 valence electrons. The molecule has 0 unspecified atom stereocenters. The molecule has 0 aliphatic rings. The normalized spacial score (nSPS) is 10.7. The first-order chi connectivity index (χ1) is 15.4. The van der Waals surface area contributed by atoms with E-state index >= 15 is 0 Å². The van der Waals surface area contributed by atoms with Crippen LogP contribution in [0.5, 0.6) is 17.2 Å². The van der Waals surface area contributed by atoms with Crippen LogP contribution in [0, 0.1) is 0 Å². The molecule has 1 heterocycles. The van der Waals surface area contributed by atoms with E-state index in [1.54, 1.807) is 36.4 Å². The smallest absolute Gasteiger partial charge is 0.316 e. The zero-order chi connectivity index (χ0) is 22.7. The second-order valence-electron chi connectivity index (χ2n) is 6.60. The summed E-state index contributed by atoms with van der Waals surface area (Å²) in [6, 6.07) is 17.1. The molecule has 4 aromatic rings. The van der Waals surface area contributed by atoms with E-state index in [1.165, 1.54) is 12.1 Å². The lowest BCUT2D eigenvalue weighted by Crippen LogP contribution is -2.23. The average molecular weight is 491 g/mol. The minimum absolute atomic E-state index is 0.0334. The van der Waals surface area contributed by atoms with E-state index in [-0.39, 0.29) is 34.1 Å². The highest BCUT2D eigenvalue weighted by Crippen LogP contribution is 2.35. The lowest BCUT2D eigenvalue weighted by molar-refractivity contribution is 0.0907. The number of rotatable bonds is 6. The Morgan fingerprint density at radius 1 is 1.00 bits per heavy atom. The van der Waals surface area contributed by atoms with Crippen LogP contribution in [0.25, 0.3) is 11.4 Å². The third-order valence-corrected chi connectivity index (χ3v) is 5.11. The average Bonchev–Trinajstić information content (AvgIpc) is 3.27. The lowest BCUT2D eigenvalue weighted by Gasteiger charge is -2.07. The molecular formula is C22H14Cl3N3O4. The van der Waals surface area contributed by atoms with Crippen molar-refractivity contribution in [1.29, 1.82) is 0 Å². The van der Waals surface area contributed by atoms with E-state index in [2.05, 4.69) is 15.5 Å². The summed E-state index contributed by atoms with van der Waals surface area (Å²) in [7, 11) is 0. The van der Waals surface area contributed by atoms with Crippen LogP contribution in [0.4, 0.5) is 0 Å². The Labute approximate surface area is 197 Å². The summed E-state index contributed by atoms with van der Waals surface area (Å²) in [6.07, 6.45) is 0. The Kier molecular flexibility index (Phi) is 6.50. The number of aromatic hydroxyl groups is 1. The van der Waals surface area contributed by atoms with Crippen LogP contribution in [0.15, 0.2) is 65.2 Å². The number of nitrogens with one attached hydrogen (secondary N) is 1. The number of amides is 1. The number of phenols is 1. The first-order valence-electron chi connectivity index (χ1n) is 9.21. The van der Waals surface area contributed by atoms with Gasteiger partial charge in [-0.25, -0.2) is 0 Å². The maximum atomic E-state index is 12.4. The van der Waals surface area contributed by atoms with Gasteiger partial charge in [-0.2, -0.15) is 4.98 Å². The summed E-state index contributed by atoms with van der Waals surface area (Å²) in [5.41, 5.74) is 1.24. The Morgan fingerprint density at radius 2 is 1.72 bits per heavy atom. The van der Waals surface area contributed by atoms with Gasteiger partial charge in [0.05, 0.1) is 10.0 Å². The number of carbonyl (C=O) groups excluding carboxylic acids is 1. The van der Waals surface area contributed by atoms with E-state index in [1.807, 2.05) is 12.1 Å². The molecule has 0 fully saturated rings. The molecule has 1 aromatic heterocycles. The second kappa shape index (κ2) is 9.48. The van der Waals surface area contributed by atoms with E-state index < -0.39 is 5.91 Å². The molecule has 3 aromatic carbocycles. The number of benzene rings is 3. The van der Waals surface area contributed by atoms with Crippen LogP contribution < -0.4 is 10.1 Å². The molecule has 4 rings (SSSR count). The van der Waals surface area contributed by atoms with Crippen LogP contribution in [0.2, 0.25) is 15.1 Å². The summed E-state index contributed by atoms with van der Waals surface area (Å²) in [5.74, 6) is 0.362. The molecule has 0 saturated heterocycles. The van der Waals surface area contributed by atoms with Gasteiger partial charge < -0.3 is 19.7 Å². The van der Waals surface area contributed by atoms with Crippen LogP contribution >= 0.6 is 34.8 Å². The highest BCUT2D eigenvalue weighted by atomic mass is 35.5. The van der Waals surface area contributed by atoms with Crippen molar-refractivity contribution in [2.24, 2.45) is 0 Å². The molecule has 0 atom stereocenters. The van der Waals surface area contributed by atoms with E-state index in [0.29, 0.717) is 22.1 Å². The van der Waals surface area contributed by atoms with Crippen molar-refractivity contribution in [3.63, 3.8) is 0 Å². The highest BCUT2D eigenvalue weighted by Gasteiger charge is 2.18. The number of ether oxygens (including phenoxy) is 1. The number of nitrogens with zero attached hydrogens (tertiary/aromatic N) is 2. The molecule has 0 aliphatic carbocycles. The van der Waals surface area contributed by atoms with Gasteiger partial charge in [-0.1, -0.05) is 58.2 Å². The van der Waals surface area contributed by atoms with Gasteiger partial charge in [0.2, 0.25) is 5.82 Å². The maximum absolute atomic E-state index is 12.4. The highest BCUT2D eigenvalue weighted by molar-refractivity contribution is 6.37. The Balaban J connectivity index is 1.37. The van der Waals surface area contributed by atoms with Crippen LogP contribution in [0.1, 0.15) is 16.2 Å². The lowest BCUT2D eigenvalue weighted by atomic mass is 10.2. The van der Waals surface area contributed by atoms with Gasteiger partial charge in [0.1, 0.15) is 11.5 Å². The molecule has 0 radical (unpaired) electrons. The second-order valence-corrected chi connectivity index (χ2v) is 7.85. The molecule has 7 nitrogen and oxygen atoms in total. The maximum Gasteiger partial charge on any atom is 0.316 e. The van der Waals surface area contributed by atoms with Crippen molar-refractivity contribution < 1.29 is 19.2 Å².